The predicted octanol–water partition coefficient (Wildman–Crippen LogP) is 4.84. The Labute approximate surface area is 209 Å². The van der Waals surface area contributed by atoms with Crippen molar-refractivity contribution in [1.82, 2.24) is 0 Å². The van der Waals surface area contributed by atoms with Crippen LogP contribution in [0, 0.1) is 0 Å². The van der Waals surface area contributed by atoms with E-state index in [9.17, 15) is 26.4 Å². The highest BCUT2D eigenvalue weighted by atomic mass is 35.5. The zero-order chi connectivity index (χ0) is 26.1. The van der Waals surface area contributed by atoms with Crippen molar-refractivity contribution in [3.8, 4) is 17.2 Å². The number of alkyl halides is 3. The number of methoxy groups -OCH3 is 1. The molecule has 13 heteroatoms. The van der Waals surface area contributed by atoms with Gasteiger partial charge in [0.15, 0.2) is 6.10 Å². The Morgan fingerprint density at radius 1 is 1.06 bits per heavy atom. The monoisotopic (exact) mass is 542 g/mol. The molecule has 3 aromatic carbocycles. The maximum Gasteiger partial charge on any atom is 0.573 e. The number of nitrogens with one attached hydrogen (secondary N) is 1. The van der Waals surface area contributed by atoms with Crippen LogP contribution in [0.25, 0.3) is 0 Å². The number of anilines is 2. The van der Waals surface area contributed by atoms with Gasteiger partial charge in [0, 0.05) is 10.7 Å². The number of amides is 1. The number of hydrogen-bond donors (Lipinski definition) is 1. The standard InChI is InChI=1S/C23H18ClF3N2O6S/c1-33-16-7-9-18(10-8-16)36(31,32)29-13-21(34-20-11-2-14(24)12-19(20)29)22(30)28-15-3-5-17(6-4-15)35-23(25,26)27/h2-12,21H,13H2,1H3,(H,28,30). The van der Waals surface area contributed by atoms with Crippen molar-refractivity contribution < 1.29 is 40.6 Å². The van der Waals surface area contributed by atoms with Crippen LogP contribution in [0.4, 0.5) is 24.5 Å². The molecule has 190 valence electrons. The molecule has 0 saturated heterocycles. The number of halogens is 4. The van der Waals surface area contributed by atoms with Crippen molar-refractivity contribution in [2.45, 2.75) is 17.4 Å². The number of nitrogens with zero attached hydrogens (tertiary/aromatic N) is 1. The number of carbonyl (C=O) groups excluding carboxylic acids is 1. The number of rotatable bonds is 6. The van der Waals surface area contributed by atoms with Gasteiger partial charge in [-0.1, -0.05) is 11.6 Å². The van der Waals surface area contributed by atoms with Crippen LogP contribution >= 0.6 is 11.6 Å². The van der Waals surface area contributed by atoms with Crippen LogP contribution in [0.2, 0.25) is 5.02 Å². The highest BCUT2D eigenvalue weighted by Crippen LogP contribution is 2.39. The Balaban J connectivity index is 1.59. The summed E-state index contributed by atoms with van der Waals surface area (Å²) >= 11 is 6.08. The summed E-state index contributed by atoms with van der Waals surface area (Å²) in [5.41, 5.74) is 0.306. The van der Waals surface area contributed by atoms with Gasteiger partial charge < -0.3 is 19.5 Å². The molecule has 0 radical (unpaired) electrons. The lowest BCUT2D eigenvalue weighted by Gasteiger charge is -2.34. The van der Waals surface area contributed by atoms with Crippen molar-refractivity contribution >= 4 is 38.9 Å². The van der Waals surface area contributed by atoms with Gasteiger partial charge in [0.25, 0.3) is 15.9 Å². The third-order valence-corrected chi connectivity index (χ3v) is 7.11. The molecule has 36 heavy (non-hydrogen) atoms. The maximum absolute atomic E-state index is 13.5. The number of ether oxygens (including phenoxy) is 3. The molecule has 0 spiro atoms. The minimum absolute atomic E-state index is 0.0458. The molecule has 1 N–H and O–H groups in total. The highest BCUT2D eigenvalue weighted by Gasteiger charge is 2.38. The van der Waals surface area contributed by atoms with Crippen LogP contribution in [0.15, 0.2) is 71.6 Å². The molecule has 4 rings (SSSR count). The third-order valence-electron chi connectivity index (χ3n) is 5.09. The summed E-state index contributed by atoms with van der Waals surface area (Å²) in [6.07, 6.45) is -6.13. The van der Waals surface area contributed by atoms with E-state index in [1.54, 1.807) is 0 Å². The van der Waals surface area contributed by atoms with Crippen molar-refractivity contribution in [2.75, 3.05) is 23.3 Å². The van der Waals surface area contributed by atoms with Gasteiger partial charge in [0.1, 0.15) is 17.2 Å². The second-order valence-electron chi connectivity index (χ2n) is 7.49. The predicted molar refractivity (Wildman–Crippen MR) is 125 cm³/mol. The van der Waals surface area contributed by atoms with Crippen LogP contribution < -0.4 is 23.8 Å². The summed E-state index contributed by atoms with van der Waals surface area (Å²) in [5.74, 6) is -0.605. The lowest BCUT2D eigenvalue weighted by atomic mass is 10.2. The van der Waals surface area contributed by atoms with Gasteiger partial charge >= 0.3 is 6.36 Å². The fourth-order valence-corrected chi connectivity index (χ4v) is 5.06. The van der Waals surface area contributed by atoms with Gasteiger partial charge in [-0.25, -0.2) is 8.42 Å². The molecular formula is C23H18ClF3N2O6S. The van der Waals surface area contributed by atoms with E-state index >= 15 is 0 Å². The number of carbonyl (C=O) groups is 1. The Morgan fingerprint density at radius 3 is 2.31 bits per heavy atom. The average molecular weight is 543 g/mol. The van der Waals surface area contributed by atoms with Crippen LogP contribution in [-0.2, 0) is 14.8 Å². The van der Waals surface area contributed by atoms with Crippen LogP contribution in [0.3, 0.4) is 0 Å². The van der Waals surface area contributed by atoms with Crippen molar-refractivity contribution in [1.29, 1.82) is 0 Å². The Morgan fingerprint density at radius 2 is 1.69 bits per heavy atom. The Hall–Kier alpha value is -3.64. The van der Waals surface area contributed by atoms with Gasteiger partial charge in [0.2, 0.25) is 0 Å². The summed E-state index contributed by atoms with van der Waals surface area (Å²) < 4.78 is 79.7. The topological polar surface area (TPSA) is 94.2 Å². The molecule has 1 aliphatic rings. The second-order valence-corrected chi connectivity index (χ2v) is 9.79. The Bertz CT molecular complexity index is 1370. The van der Waals surface area contributed by atoms with E-state index in [1.165, 1.54) is 61.7 Å². The lowest BCUT2D eigenvalue weighted by molar-refractivity contribution is -0.274. The van der Waals surface area contributed by atoms with Crippen LogP contribution in [-0.4, -0.2) is 40.4 Å². The lowest BCUT2D eigenvalue weighted by Crippen LogP contribution is -2.48. The minimum atomic E-state index is -4.85. The van der Waals surface area contributed by atoms with E-state index in [0.29, 0.717) is 5.75 Å². The molecule has 1 atom stereocenters. The first-order chi connectivity index (χ1) is 17.0. The maximum atomic E-state index is 13.5. The molecular weight excluding hydrogens is 525 g/mol. The van der Waals surface area contributed by atoms with Gasteiger partial charge in [-0.2, -0.15) is 0 Å². The Kier molecular flexibility index (Phi) is 6.92. The molecule has 0 fully saturated rings. The van der Waals surface area contributed by atoms with Crippen LogP contribution in [0.1, 0.15) is 0 Å². The fourth-order valence-electron chi connectivity index (χ4n) is 3.43. The molecule has 1 heterocycles. The summed E-state index contributed by atoms with van der Waals surface area (Å²) in [6.45, 7) is -0.386. The number of hydrogen-bond acceptors (Lipinski definition) is 6. The fraction of sp³-hybridized carbons (Fsp3) is 0.174. The quantitative estimate of drug-likeness (QED) is 0.479. The van der Waals surface area contributed by atoms with Crippen molar-refractivity contribution in [3.63, 3.8) is 0 Å². The minimum Gasteiger partial charge on any atom is -0.497 e. The molecule has 1 amide bonds. The molecule has 0 aliphatic carbocycles. The normalized spacial score (nSPS) is 15.5. The molecule has 1 unspecified atom stereocenters. The molecule has 1 aliphatic heterocycles. The number of benzene rings is 3. The van der Waals surface area contributed by atoms with E-state index in [1.807, 2.05) is 0 Å². The third kappa shape index (κ3) is 5.60. The second kappa shape index (κ2) is 9.78. The van der Waals surface area contributed by atoms with Crippen LogP contribution in [0.5, 0.6) is 17.2 Å². The summed E-state index contributed by atoms with van der Waals surface area (Å²) in [4.78, 5) is 12.9. The zero-order valence-electron chi connectivity index (χ0n) is 18.5. The van der Waals surface area contributed by atoms with Gasteiger partial charge in [-0.05, 0) is 66.7 Å². The number of fused-ring (bicyclic) bond motifs is 1. The van der Waals surface area contributed by atoms with Gasteiger partial charge in [0.05, 0.1) is 24.2 Å². The van der Waals surface area contributed by atoms with E-state index in [2.05, 4.69) is 10.1 Å². The molecule has 0 bridgehead atoms. The van der Waals surface area contributed by atoms with E-state index in [4.69, 9.17) is 21.1 Å². The molecule has 8 nitrogen and oxygen atoms in total. The van der Waals surface area contributed by atoms with E-state index < -0.39 is 34.1 Å². The van der Waals surface area contributed by atoms with E-state index in [0.717, 1.165) is 16.4 Å². The van der Waals surface area contributed by atoms with Gasteiger partial charge in [-0.15, -0.1) is 13.2 Å². The smallest absolute Gasteiger partial charge is 0.497 e. The molecule has 0 saturated carbocycles. The van der Waals surface area contributed by atoms with Crippen molar-refractivity contribution in [3.05, 3.63) is 71.8 Å². The SMILES string of the molecule is COc1ccc(S(=O)(=O)N2CC(C(=O)Nc3ccc(OC(F)(F)F)cc3)Oc3ccc(Cl)cc32)cc1. The summed E-state index contributed by atoms with van der Waals surface area (Å²) in [5, 5.41) is 2.77. The highest BCUT2D eigenvalue weighted by molar-refractivity contribution is 7.92. The first kappa shape index (κ1) is 25.5. The summed E-state index contributed by atoms with van der Waals surface area (Å²) in [6, 6.07) is 14.5. The average Bonchev–Trinajstić information content (AvgIpc) is 2.83. The first-order valence-corrected chi connectivity index (χ1v) is 12.1. The summed E-state index contributed by atoms with van der Waals surface area (Å²) in [7, 11) is -2.70. The molecule has 0 aromatic heterocycles. The number of sulfonamides is 1. The van der Waals surface area contributed by atoms with E-state index in [-0.39, 0.29) is 33.6 Å². The van der Waals surface area contributed by atoms with Gasteiger partial charge in [-0.3, -0.25) is 9.10 Å². The van der Waals surface area contributed by atoms with Crippen molar-refractivity contribution in [2.24, 2.45) is 0 Å². The largest absolute Gasteiger partial charge is 0.573 e. The molecule has 3 aromatic rings. The first-order valence-electron chi connectivity index (χ1n) is 10.3. The zero-order valence-corrected chi connectivity index (χ0v) is 20.0.